The Kier molecular flexibility index (Phi) is 3.82. The Morgan fingerprint density at radius 2 is 2.00 bits per heavy atom. The summed E-state index contributed by atoms with van der Waals surface area (Å²) in [7, 11) is 0. The van der Waals surface area contributed by atoms with Crippen molar-refractivity contribution in [3.63, 3.8) is 0 Å². The average Bonchev–Trinajstić information content (AvgIpc) is 2.28. The summed E-state index contributed by atoms with van der Waals surface area (Å²) in [6, 6.07) is 7.67. The lowest BCUT2D eigenvalue weighted by Crippen LogP contribution is -2.00. The molecule has 0 aliphatic heterocycles. The number of nitrogens with zero attached hydrogens (tertiary/aromatic N) is 1. The molecule has 0 aliphatic rings. The van der Waals surface area contributed by atoms with E-state index in [1.807, 2.05) is 24.3 Å². The molecule has 0 aliphatic carbocycles. The van der Waals surface area contributed by atoms with Gasteiger partial charge in [-0.15, -0.1) is 0 Å². The summed E-state index contributed by atoms with van der Waals surface area (Å²) >= 11 is 5.95. The van der Waals surface area contributed by atoms with Gasteiger partial charge in [-0.25, -0.2) is 4.98 Å². The Labute approximate surface area is 106 Å². The van der Waals surface area contributed by atoms with Gasteiger partial charge in [-0.2, -0.15) is 0 Å². The van der Waals surface area contributed by atoms with E-state index in [1.54, 1.807) is 0 Å². The molecule has 4 N–H and O–H groups in total. The first-order chi connectivity index (χ1) is 8.20. The van der Waals surface area contributed by atoms with Gasteiger partial charge in [0.25, 0.3) is 0 Å². The average molecular weight is 250 g/mol. The number of hydrogen-bond acceptors (Lipinski definition) is 3. The number of pyridine rings is 1. The Hall–Kier alpha value is -1.32. The minimum atomic E-state index is 0.544. The maximum atomic E-state index is 5.95. The molecule has 0 spiro atoms. The van der Waals surface area contributed by atoms with Crippen molar-refractivity contribution in [2.75, 3.05) is 12.3 Å². The Morgan fingerprint density at radius 1 is 1.18 bits per heavy atom. The lowest BCUT2D eigenvalue weighted by molar-refractivity contribution is 0.747. The molecule has 17 heavy (non-hydrogen) atoms. The fraction of sp³-hybridized carbons (Fsp3) is 0.308. The van der Waals surface area contributed by atoms with Crippen LogP contribution in [0.15, 0.2) is 24.3 Å². The van der Waals surface area contributed by atoms with Gasteiger partial charge in [-0.05, 0) is 49.6 Å². The summed E-state index contributed by atoms with van der Waals surface area (Å²) in [6.07, 6.45) is 3.07. The third-order valence-corrected chi connectivity index (χ3v) is 3.01. The van der Waals surface area contributed by atoms with Gasteiger partial charge in [0.15, 0.2) is 0 Å². The van der Waals surface area contributed by atoms with Crippen LogP contribution in [0.1, 0.15) is 18.4 Å². The van der Waals surface area contributed by atoms with Crippen molar-refractivity contribution in [1.82, 2.24) is 4.98 Å². The molecular formula is C13H16ClN3. The van der Waals surface area contributed by atoms with E-state index in [4.69, 9.17) is 23.1 Å². The van der Waals surface area contributed by atoms with Crippen LogP contribution < -0.4 is 11.5 Å². The van der Waals surface area contributed by atoms with Crippen LogP contribution in [0.4, 0.5) is 5.82 Å². The van der Waals surface area contributed by atoms with Crippen LogP contribution >= 0.6 is 11.6 Å². The fourth-order valence-corrected chi connectivity index (χ4v) is 2.13. The SMILES string of the molecule is NCCCCc1cc(N)nc2cc(Cl)ccc12. The summed E-state index contributed by atoms with van der Waals surface area (Å²) in [5, 5.41) is 1.81. The zero-order valence-electron chi connectivity index (χ0n) is 9.62. The summed E-state index contributed by atoms with van der Waals surface area (Å²) in [5.41, 5.74) is 13.4. The molecule has 4 heteroatoms. The van der Waals surface area contributed by atoms with Gasteiger partial charge in [-0.3, -0.25) is 0 Å². The van der Waals surface area contributed by atoms with E-state index >= 15 is 0 Å². The second-order valence-corrected chi connectivity index (χ2v) is 4.55. The van der Waals surface area contributed by atoms with Gasteiger partial charge < -0.3 is 11.5 Å². The zero-order chi connectivity index (χ0) is 12.3. The van der Waals surface area contributed by atoms with E-state index in [-0.39, 0.29) is 0 Å². The Morgan fingerprint density at radius 3 is 2.76 bits per heavy atom. The molecule has 0 saturated carbocycles. The summed E-state index contributed by atoms with van der Waals surface area (Å²) < 4.78 is 0. The molecule has 0 saturated heterocycles. The zero-order valence-corrected chi connectivity index (χ0v) is 10.4. The van der Waals surface area contributed by atoms with Crippen LogP contribution in [0, 0.1) is 0 Å². The van der Waals surface area contributed by atoms with E-state index in [1.165, 1.54) is 5.56 Å². The highest BCUT2D eigenvalue weighted by molar-refractivity contribution is 6.31. The molecule has 0 amide bonds. The molecule has 0 unspecified atom stereocenters. The lowest BCUT2D eigenvalue weighted by atomic mass is 10.0. The summed E-state index contributed by atoms with van der Waals surface area (Å²) in [4.78, 5) is 4.29. The number of halogens is 1. The number of nitrogen functional groups attached to an aromatic ring is 1. The number of aromatic nitrogens is 1. The molecule has 90 valence electrons. The molecule has 0 bridgehead atoms. The van der Waals surface area contributed by atoms with E-state index in [9.17, 15) is 0 Å². The number of anilines is 1. The first-order valence-electron chi connectivity index (χ1n) is 5.75. The highest BCUT2D eigenvalue weighted by Gasteiger charge is 2.04. The molecule has 1 aromatic carbocycles. The van der Waals surface area contributed by atoms with Crippen molar-refractivity contribution < 1.29 is 0 Å². The molecule has 1 heterocycles. The highest BCUT2D eigenvalue weighted by Crippen LogP contribution is 2.24. The van der Waals surface area contributed by atoms with Crippen molar-refractivity contribution in [1.29, 1.82) is 0 Å². The van der Waals surface area contributed by atoms with Crippen molar-refractivity contribution in [3.8, 4) is 0 Å². The monoisotopic (exact) mass is 249 g/mol. The van der Waals surface area contributed by atoms with Gasteiger partial charge in [0, 0.05) is 10.4 Å². The predicted octanol–water partition coefficient (Wildman–Crippen LogP) is 2.75. The molecule has 1 aromatic heterocycles. The topological polar surface area (TPSA) is 64.9 Å². The molecule has 2 aromatic rings. The number of hydrogen-bond donors (Lipinski definition) is 2. The maximum Gasteiger partial charge on any atom is 0.124 e. The second-order valence-electron chi connectivity index (χ2n) is 4.11. The molecule has 0 radical (unpaired) electrons. The third-order valence-electron chi connectivity index (χ3n) is 2.78. The van der Waals surface area contributed by atoms with Crippen molar-refractivity contribution >= 4 is 28.3 Å². The molecule has 0 fully saturated rings. The molecule has 3 nitrogen and oxygen atoms in total. The quantitative estimate of drug-likeness (QED) is 0.819. The van der Waals surface area contributed by atoms with E-state index in [0.29, 0.717) is 10.8 Å². The first kappa shape index (κ1) is 12.1. The maximum absolute atomic E-state index is 5.95. The summed E-state index contributed by atoms with van der Waals surface area (Å²) in [5.74, 6) is 0.544. The van der Waals surface area contributed by atoms with Crippen molar-refractivity contribution in [2.24, 2.45) is 5.73 Å². The third kappa shape index (κ3) is 2.87. The number of nitrogens with two attached hydrogens (primary N) is 2. The van der Waals surface area contributed by atoms with Gasteiger partial charge >= 0.3 is 0 Å². The molecule has 2 rings (SSSR count). The minimum Gasteiger partial charge on any atom is -0.384 e. The van der Waals surface area contributed by atoms with Crippen molar-refractivity contribution in [3.05, 3.63) is 34.9 Å². The number of fused-ring (bicyclic) bond motifs is 1. The molecule has 0 atom stereocenters. The first-order valence-corrected chi connectivity index (χ1v) is 6.13. The lowest BCUT2D eigenvalue weighted by Gasteiger charge is -2.07. The molecular weight excluding hydrogens is 234 g/mol. The fourth-order valence-electron chi connectivity index (χ4n) is 1.96. The standard InChI is InChI=1S/C13H16ClN3/c14-10-4-5-11-9(3-1-2-6-15)7-13(16)17-12(11)8-10/h4-5,7-8H,1-3,6,15H2,(H2,16,17). The van der Waals surface area contributed by atoms with Gasteiger partial charge in [-0.1, -0.05) is 17.7 Å². The van der Waals surface area contributed by atoms with E-state index in [0.717, 1.165) is 36.7 Å². The smallest absolute Gasteiger partial charge is 0.124 e. The number of unbranched alkanes of at least 4 members (excludes halogenated alkanes) is 1. The largest absolute Gasteiger partial charge is 0.384 e. The van der Waals surface area contributed by atoms with E-state index in [2.05, 4.69) is 4.98 Å². The van der Waals surface area contributed by atoms with Crippen LogP contribution in [-0.2, 0) is 6.42 Å². The predicted molar refractivity (Wildman–Crippen MR) is 73.2 cm³/mol. The Balaban J connectivity index is 2.39. The normalized spacial score (nSPS) is 10.9. The summed E-state index contributed by atoms with van der Waals surface area (Å²) in [6.45, 7) is 0.727. The van der Waals surface area contributed by atoms with Crippen LogP contribution in [0.2, 0.25) is 5.02 Å². The van der Waals surface area contributed by atoms with Gasteiger partial charge in [0.05, 0.1) is 5.52 Å². The van der Waals surface area contributed by atoms with Gasteiger partial charge in [0.2, 0.25) is 0 Å². The van der Waals surface area contributed by atoms with Crippen LogP contribution in [0.5, 0.6) is 0 Å². The van der Waals surface area contributed by atoms with E-state index < -0.39 is 0 Å². The number of benzene rings is 1. The van der Waals surface area contributed by atoms with Gasteiger partial charge in [0.1, 0.15) is 5.82 Å². The van der Waals surface area contributed by atoms with Crippen molar-refractivity contribution in [2.45, 2.75) is 19.3 Å². The van der Waals surface area contributed by atoms with Crippen LogP contribution in [0.3, 0.4) is 0 Å². The number of aryl methyl sites for hydroxylation is 1. The highest BCUT2D eigenvalue weighted by atomic mass is 35.5. The van der Waals surface area contributed by atoms with Crippen LogP contribution in [-0.4, -0.2) is 11.5 Å². The minimum absolute atomic E-state index is 0.544. The number of rotatable bonds is 4. The second kappa shape index (κ2) is 5.34. The van der Waals surface area contributed by atoms with Crippen LogP contribution in [0.25, 0.3) is 10.9 Å². The Bertz CT molecular complexity index is 520.